The van der Waals surface area contributed by atoms with Crippen molar-refractivity contribution in [3.05, 3.63) is 69.5 Å². The van der Waals surface area contributed by atoms with Gasteiger partial charge in [0.2, 0.25) is 4.77 Å². The van der Waals surface area contributed by atoms with Crippen molar-refractivity contribution < 1.29 is 13.2 Å². The highest BCUT2D eigenvalue weighted by Crippen LogP contribution is 2.29. The Labute approximate surface area is 150 Å². The van der Waals surface area contributed by atoms with E-state index in [-0.39, 0.29) is 4.77 Å². The monoisotopic (exact) mass is 382 g/mol. The first-order valence-corrected chi connectivity index (χ1v) is 7.79. The zero-order valence-electron chi connectivity index (χ0n) is 12.5. The molecule has 128 valence electrons. The fraction of sp³-hybridized carbons (Fsp3) is 0.0625. The van der Waals surface area contributed by atoms with Gasteiger partial charge in [-0.2, -0.15) is 28.0 Å². The lowest BCUT2D eigenvalue weighted by molar-refractivity contribution is -0.137. The van der Waals surface area contributed by atoms with Crippen LogP contribution in [0.3, 0.4) is 0 Å². The number of aromatic nitrogens is 3. The minimum Gasteiger partial charge on any atom is -0.250 e. The number of alkyl halides is 3. The summed E-state index contributed by atoms with van der Waals surface area (Å²) in [6.45, 7) is 0. The summed E-state index contributed by atoms with van der Waals surface area (Å²) in [5.74, 6) is 0.402. The largest absolute Gasteiger partial charge is 0.416 e. The van der Waals surface area contributed by atoms with Gasteiger partial charge in [0.25, 0.3) is 0 Å². The molecule has 0 bridgehead atoms. The zero-order chi connectivity index (χ0) is 18.0. The molecule has 0 amide bonds. The molecular weight excluding hydrogens is 373 g/mol. The Morgan fingerprint density at radius 1 is 1.12 bits per heavy atom. The molecular formula is C16H10ClF3N4S. The smallest absolute Gasteiger partial charge is 0.250 e. The molecule has 25 heavy (non-hydrogen) atoms. The van der Waals surface area contributed by atoms with E-state index >= 15 is 0 Å². The van der Waals surface area contributed by atoms with Crippen molar-refractivity contribution >= 4 is 30.0 Å². The lowest BCUT2D eigenvalue weighted by Crippen LogP contribution is -2.04. The Morgan fingerprint density at radius 2 is 1.80 bits per heavy atom. The van der Waals surface area contributed by atoms with Crippen LogP contribution in [0.4, 0.5) is 13.2 Å². The molecule has 0 unspecified atom stereocenters. The van der Waals surface area contributed by atoms with Crippen LogP contribution in [0.5, 0.6) is 0 Å². The third kappa shape index (κ3) is 3.80. The minimum absolute atomic E-state index is 0.234. The van der Waals surface area contributed by atoms with E-state index in [9.17, 15) is 13.2 Å². The second-order valence-electron chi connectivity index (χ2n) is 5.01. The minimum atomic E-state index is -4.38. The number of halogens is 4. The summed E-state index contributed by atoms with van der Waals surface area (Å²) in [5, 5.41) is 11.4. The van der Waals surface area contributed by atoms with Crippen molar-refractivity contribution in [3.8, 4) is 11.4 Å². The van der Waals surface area contributed by atoms with Crippen molar-refractivity contribution in [2.24, 2.45) is 5.10 Å². The van der Waals surface area contributed by atoms with Crippen LogP contribution in [0, 0.1) is 4.77 Å². The van der Waals surface area contributed by atoms with Crippen molar-refractivity contribution in [3.63, 3.8) is 0 Å². The van der Waals surface area contributed by atoms with E-state index in [0.29, 0.717) is 22.0 Å². The van der Waals surface area contributed by atoms with Crippen molar-refractivity contribution in [2.75, 3.05) is 0 Å². The topological polar surface area (TPSA) is 46.0 Å². The summed E-state index contributed by atoms with van der Waals surface area (Å²) < 4.78 is 39.3. The fourth-order valence-electron chi connectivity index (χ4n) is 2.10. The van der Waals surface area contributed by atoms with Crippen molar-refractivity contribution in [1.82, 2.24) is 14.9 Å². The van der Waals surface area contributed by atoms with Gasteiger partial charge in [-0.1, -0.05) is 35.9 Å². The first-order valence-electron chi connectivity index (χ1n) is 7.00. The fourth-order valence-corrected chi connectivity index (χ4v) is 2.50. The maximum atomic E-state index is 12.6. The van der Waals surface area contributed by atoms with Crippen LogP contribution >= 0.6 is 23.8 Å². The molecule has 9 heteroatoms. The van der Waals surface area contributed by atoms with Gasteiger partial charge in [-0.15, -0.1) is 0 Å². The molecule has 0 radical (unpaired) electrons. The Hall–Kier alpha value is -2.45. The number of aromatic amines is 1. The molecule has 2 aromatic carbocycles. The van der Waals surface area contributed by atoms with Gasteiger partial charge in [0.1, 0.15) is 0 Å². The number of hydrogen-bond donors (Lipinski definition) is 1. The van der Waals surface area contributed by atoms with Gasteiger partial charge < -0.3 is 0 Å². The Kier molecular flexibility index (Phi) is 4.73. The van der Waals surface area contributed by atoms with E-state index < -0.39 is 11.7 Å². The first kappa shape index (κ1) is 17.4. The Bertz CT molecular complexity index is 974. The van der Waals surface area contributed by atoms with E-state index in [1.54, 1.807) is 24.3 Å². The lowest BCUT2D eigenvalue weighted by Gasteiger charge is -2.06. The summed E-state index contributed by atoms with van der Waals surface area (Å²) >= 11 is 11.3. The highest BCUT2D eigenvalue weighted by molar-refractivity contribution is 7.71. The number of nitrogens with zero attached hydrogens (tertiary/aromatic N) is 3. The van der Waals surface area contributed by atoms with Gasteiger partial charge in [0, 0.05) is 5.56 Å². The molecule has 1 N–H and O–H groups in total. The predicted octanol–water partition coefficient (Wildman–Crippen LogP) is 5.16. The molecule has 0 atom stereocenters. The molecule has 0 aliphatic heterocycles. The van der Waals surface area contributed by atoms with E-state index in [2.05, 4.69) is 15.3 Å². The van der Waals surface area contributed by atoms with E-state index in [1.165, 1.54) is 23.0 Å². The van der Waals surface area contributed by atoms with E-state index in [0.717, 1.165) is 12.1 Å². The van der Waals surface area contributed by atoms with Gasteiger partial charge in [0.15, 0.2) is 5.82 Å². The number of rotatable bonds is 3. The normalized spacial score (nSPS) is 12.0. The van der Waals surface area contributed by atoms with Crippen molar-refractivity contribution in [2.45, 2.75) is 6.18 Å². The van der Waals surface area contributed by atoms with Gasteiger partial charge >= 0.3 is 6.18 Å². The van der Waals surface area contributed by atoms with Crippen LogP contribution < -0.4 is 0 Å². The summed E-state index contributed by atoms with van der Waals surface area (Å²) in [6.07, 6.45) is -2.98. The molecule has 0 saturated heterocycles. The molecule has 0 spiro atoms. The van der Waals surface area contributed by atoms with Gasteiger partial charge in [-0.25, -0.2) is 5.10 Å². The number of nitrogens with one attached hydrogen (secondary N) is 1. The average molecular weight is 383 g/mol. The Balaban J connectivity index is 1.94. The third-order valence-corrected chi connectivity index (χ3v) is 3.92. The highest BCUT2D eigenvalue weighted by Gasteiger charge is 2.29. The van der Waals surface area contributed by atoms with Crippen LogP contribution in [0.15, 0.2) is 53.6 Å². The van der Waals surface area contributed by atoms with Crippen molar-refractivity contribution in [1.29, 1.82) is 0 Å². The summed E-state index contributed by atoms with van der Waals surface area (Å²) in [5.41, 5.74) is 0.392. The second-order valence-corrected chi connectivity index (χ2v) is 5.80. The average Bonchev–Trinajstić information content (AvgIpc) is 2.93. The lowest BCUT2D eigenvalue weighted by atomic mass is 10.1. The maximum absolute atomic E-state index is 12.6. The van der Waals surface area contributed by atoms with E-state index in [1.807, 2.05) is 0 Å². The summed E-state index contributed by atoms with van der Waals surface area (Å²) in [6, 6.07) is 11.7. The number of benzene rings is 2. The molecule has 0 saturated carbocycles. The molecule has 3 rings (SSSR count). The zero-order valence-corrected chi connectivity index (χ0v) is 14.0. The van der Waals surface area contributed by atoms with Crippen LogP contribution in [0.1, 0.15) is 11.1 Å². The first-order chi connectivity index (χ1) is 11.9. The SMILES string of the molecule is FC(F)(F)c1ccc(/C=N\n2c(-c3ccccc3Cl)n[nH]c2=S)cc1. The van der Waals surface area contributed by atoms with Gasteiger partial charge in [-0.05, 0) is 42.0 Å². The summed E-state index contributed by atoms with van der Waals surface area (Å²) in [7, 11) is 0. The molecule has 3 aromatic rings. The van der Waals surface area contributed by atoms with Crippen LogP contribution in [-0.4, -0.2) is 21.1 Å². The molecule has 0 aliphatic carbocycles. The molecule has 0 fully saturated rings. The standard InChI is InChI=1S/C16H10ClF3N4S/c17-13-4-2-1-3-12(13)14-22-23-15(25)24(14)21-9-10-5-7-11(8-6-10)16(18,19)20/h1-9H,(H,23,25)/b21-9-. The molecule has 4 nitrogen and oxygen atoms in total. The number of H-pyrrole nitrogens is 1. The highest BCUT2D eigenvalue weighted by atomic mass is 35.5. The number of hydrogen-bond acceptors (Lipinski definition) is 3. The van der Waals surface area contributed by atoms with Crippen LogP contribution in [0.25, 0.3) is 11.4 Å². The molecule has 1 heterocycles. The molecule has 1 aromatic heterocycles. The molecule has 0 aliphatic rings. The predicted molar refractivity (Wildman–Crippen MR) is 92.3 cm³/mol. The quantitative estimate of drug-likeness (QED) is 0.502. The third-order valence-electron chi connectivity index (χ3n) is 3.33. The van der Waals surface area contributed by atoms with Gasteiger partial charge in [-0.3, -0.25) is 0 Å². The Morgan fingerprint density at radius 3 is 2.44 bits per heavy atom. The van der Waals surface area contributed by atoms with Crippen LogP contribution in [-0.2, 0) is 6.18 Å². The van der Waals surface area contributed by atoms with Gasteiger partial charge in [0.05, 0.1) is 16.8 Å². The van der Waals surface area contributed by atoms with E-state index in [4.69, 9.17) is 23.8 Å². The summed E-state index contributed by atoms with van der Waals surface area (Å²) in [4.78, 5) is 0. The van der Waals surface area contributed by atoms with Crippen LogP contribution in [0.2, 0.25) is 5.02 Å². The second kappa shape index (κ2) is 6.81. The maximum Gasteiger partial charge on any atom is 0.416 e.